The van der Waals surface area contributed by atoms with Gasteiger partial charge in [0.25, 0.3) is 0 Å². The van der Waals surface area contributed by atoms with E-state index in [2.05, 4.69) is 10.1 Å². The number of carbonyl (C=O) groups is 1. The molecule has 31 heavy (non-hydrogen) atoms. The van der Waals surface area contributed by atoms with Gasteiger partial charge in [-0.15, -0.1) is 0 Å². The summed E-state index contributed by atoms with van der Waals surface area (Å²) in [6.07, 6.45) is 1.19. The molecular formula is C21H30N3O6P. The predicted molar refractivity (Wildman–Crippen MR) is 117 cm³/mol. The highest BCUT2D eigenvalue weighted by Gasteiger charge is 2.22. The SMILES string of the molecule is Cc1ccc(O[PH](=O)N[C@@H](C)C(=O)OC(C)C)cc1C(N)c1c(CO)cnc(C)c1O. The Labute approximate surface area is 182 Å². The van der Waals surface area contributed by atoms with Gasteiger partial charge in [-0.1, -0.05) is 6.07 Å². The molecule has 0 aliphatic rings. The zero-order valence-corrected chi connectivity index (χ0v) is 19.3. The molecule has 2 rings (SSSR count). The summed E-state index contributed by atoms with van der Waals surface area (Å²) in [5.74, 6) is -0.325. The molecule has 1 aromatic carbocycles. The van der Waals surface area contributed by atoms with Gasteiger partial charge in [-0.05, 0) is 57.9 Å². The fourth-order valence-corrected chi connectivity index (χ4v) is 3.88. The van der Waals surface area contributed by atoms with Crippen molar-refractivity contribution in [2.24, 2.45) is 5.73 Å². The lowest BCUT2D eigenvalue weighted by Gasteiger charge is -2.21. The van der Waals surface area contributed by atoms with Gasteiger partial charge in [0.05, 0.1) is 24.4 Å². The van der Waals surface area contributed by atoms with Crippen molar-refractivity contribution in [1.82, 2.24) is 10.1 Å². The fourth-order valence-electron chi connectivity index (χ4n) is 3.00. The van der Waals surface area contributed by atoms with Crippen LogP contribution >= 0.6 is 8.18 Å². The molecule has 0 aliphatic carbocycles. The van der Waals surface area contributed by atoms with E-state index in [9.17, 15) is 19.6 Å². The molecule has 1 heterocycles. The molecule has 5 N–H and O–H groups in total. The van der Waals surface area contributed by atoms with Crippen molar-refractivity contribution in [1.29, 1.82) is 0 Å². The first kappa shape index (κ1) is 24.8. The van der Waals surface area contributed by atoms with Crippen LogP contribution in [0.3, 0.4) is 0 Å². The van der Waals surface area contributed by atoms with E-state index in [1.54, 1.807) is 39.0 Å². The largest absolute Gasteiger partial charge is 0.506 e. The normalized spacial score (nSPS) is 14.2. The minimum Gasteiger partial charge on any atom is -0.506 e. The van der Waals surface area contributed by atoms with E-state index < -0.39 is 26.2 Å². The summed E-state index contributed by atoms with van der Waals surface area (Å²) in [4.78, 5) is 15.9. The van der Waals surface area contributed by atoms with Crippen LogP contribution in [0, 0.1) is 13.8 Å². The van der Waals surface area contributed by atoms with Gasteiger partial charge < -0.3 is 25.2 Å². The average molecular weight is 451 g/mol. The van der Waals surface area contributed by atoms with E-state index in [1.807, 2.05) is 6.92 Å². The minimum absolute atomic E-state index is 0.0856. The lowest BCUT2D eigenvalue weighted by Crippen LogP contribution is -2.33. The lowest BCUT2D eigenvalue weighted by atomic mass is 9.92. The fraction of sp³-hybridized carbons (Fsp3) is 0.429. The molecule has 0 radical (unpaired) electrons. The van der Waals surface area contributed by atoms with Crippen LogP contribution in [0.2, 0.25) is 0 Å². The molecule has 3 atom stereocenters. The molecule has 0 fully saturated rings. The van der Waals surface area contributed by atoms with E-state index in [-0.39, 0.29) is 24.2 Å². The van der Waals surface area contributed by atoms with Gasteiger partial charge in [-0.3, -0.25) is 14.3 Å². The van der Waals surface area contributed by atoms with Crippen LogP contribution in [0.25, 0.3) is 0 Å². The van der Waals surface area contributed by atoms with Gasteiger partial charge in [0, 0.05) is 17.3 Å². The number of esters is 1. The van der Waals surface area contributed by atoms with Gasteiger partial charge in [-0.25, -0.2) is 5.09 Å². The molecule has 9 nitrogen and oxygen atoms in total. The summed E-state index contributed by atoms with van der Waals surface area (Å²) in [6.45, 7) is 8.15. The van der Waals surface area contributed by atoms with Crippen molar-refractivity contribution in [3.63, 3.8) is 0 Å². The van der Waals surface area contributed by atoms with Crippen molar-refractivity contribution in [2.75, 3.05) is 0 Å². The Morgan fingerprint density at radius 3 is 2.58 bits per heavy atom. The Balaban J connectivity index is 2.24. The minimum atomic E-state index is -2.81. The molecule has 0 bridgehead atoms. The second kappa shape index (κ2) is 10.7. The maximum Gasteiger partial charge on any atom is 0.323 e. The van der Waals surface area contributed by atoms with Gasteiger partial charge in [-0.2, -0.15) is 0 Å². The smallest absolute Gasteiger partial charge is 0.323 e. The summed E-state index contributed by atoms with van der Waals surface area (Å²) in [5.41, 5.74) is 9.04. The molecule has 10 heteroatoms. The van der Waals surface area contributed by atoms with Crippen molar-refractivity contribution in [3.8, 4) is 11.5 Å². The Bertz CT molecular complexity index is 966. The van der Waals surface area contributed by atoms with Gasteiger partial charge in [0.15, 0.2) is 0 Å². The molecule has 170 valence electrons. The van der Waals surface area contributed by atoms with E-state index in [1.165, 1.54) is 13.1 Å². The quantitative estimate of drug-likeness (QED) is 0.334. The van der Waals surface area contributed by atoms with Crippen LogP contribution in [0.15, 0.2) is 24.4 Å². The molecule has 0 spiro atoms. The maximum absolute atomic E-state index is 12.4. The van der Waals surface area contributed by atoms with Crippen LogP contribution in [0.4, 0.5) is 0 Å². The number of aromatic nitrogens is 1. The molecule has 0 amide bonds. The number of rotatable bonds is 9. The van der Waals surface area contributed by atoms with Crippen molar-refractivity contribution >= 4 is 14.1 Å². The first-order valence-electron chi connectivity index (χ1n) is 9.88. The Morgan fingerprint density at radius 2 is 1.97 bits per heavy atom. The number of hydrogen-bond acceptors (Lipinski definition) is 8. The number of nitrogens with one attached hydrogen (secondary N) is 1. The number of ether oxygens (including phenoxy) is 1. The Kier molecular flexibility index (Phi) is 8.59. The van der Waals surface area contributed by atoms with E-state index >= 15 is 0 Å². The second-order valence-electron chi connectivity index (χ2n) is 7.53. The standard InChI is InChI=1S/C21H30N3O6P/c1-11(2)29-21(27)14(5)24-31(28)30-16-7-6-12(3)17(8-16)19(22)18-15(10-25)9-23-13(4)20(18)26/h6-9,11,14,19,25-26,31H,10,22H2,1-5H3,(H,24,28)/t14-,19?/m0/s1. The van der Waals surface area contributed by atoms with Gasteiger partial charge in [0.2, 0.25) is 0 Å². The molecule has 2 unspecified atom stereocenters. The number of aryl methyl sites for hydroxylation is 2. The monoisotopic (exact) mass is 451 g/mol. The number of benzene rings is 1. The second-order valence-corrected chi connectivity index (χ2v) is 8.59. The molecule has 2 aromatic rings. The topological polar surface area (TPSA) is 144 Å². The highest BCUT2D eigenvalue weighted by atomic mass is 31.1. The third-order valence-corrected chi connectivity index (χ3v) is 5.77. The molecule has 0 saturated heterocycles. The van der Waals surface area contributed by atoms with Crippen LogP contribution in [-0.4, -0.2) is 33.3 Å². The number of nitrogens with zero attached hydrogens (tertiary/aromatic N) is 1. The first-order chi connectivity index (χ1) is 14.5. The number of aromatic hydroxyl groups is 1. The van der Waals surface area contributed by atoms with E-state index in [0.717, 1.165) is 5.56 Å². The zero-order chi connectivity index (χ0) is 23.3. The average Bonchev–Trinajstić information content (AvgIpc) is 2.70. The van der Waals surface area contributed by atoms with Gasteiger partial charge >= 0.3 is 14.1 Å². The zero-order valence-electron chi connectivity index (χ0n) is 18.3. The van der Waals surface area contributed by atoms with E-state index in [0.29, 0.717) is 22.4 Å². The number of hydrogen-bond donors (Lipinski definition) is 4. The third kappa shape index (κ3) is 6.27. The molecule has 0 aliphatic heterocycles. The predicted octanol–water partition coefficient (Wildman–Crippen LogP) is 2.64. The number of pyridine rings is 1. The van der Waals surface area contributed by atoms with Crippen LogP contribution in [0.1, 0.15) is 54.8 Å². The van der Waals surface area contributed by atoms with Crippen LogP contribution < -0.4 is 15.3 Å². The third-order valence-electron chi connectivity index (χ3n) is 4.68. The van der Waals surface area contributed by atoms with Crippen molar-refractivity contribution in [2.45, 2.75) is 59.4 Å². The first-order valence-corrected chi connectivity index (χ1v) is 11.2. The van der Waals surface area contributed by atoms with Crippen molar-refractivity contribution in [3.05, 3.63) is 52.3 Å². The Morgan fingerprint density at radius 1 is 1.29 bits per heavy atom. The highest BCUT2D eigenvalue weighted by molar-refractivity contribution is 7.37. The summed E-state index contributed by atoms with van der Waals surface area (Å²) in [5, 5.41) is 22.7. The Hall–Kier alpha value is -2.45. The van der Waals surface area contributed by atoms with E-state index in [4.69, 9.17) is 15.0 Å². The number of nitrogens with two attached hydrogens (primary N) is 1. The van der Waals surface area contributed by atoms with Gasteiger partial charge in [0.1, 0.15) is 17.5 Å². The summed E-state index contributed by atoms with van der Waals surface area (Å²) in [6, 6.07) is 3.43. The molecule has 0 saturated carbocycles. The maximum atomic E-state index is 12.4. The van der Waals surface area contributed by atoms with Crippen molar-refractivity contribution < 1.29 is 28.8 Å². The summed E-state index contributed by atoms with van der Waals surface area (Å²) in [7, 11) is -2.81. The molecular weight excluding hydrogens is 421 g/mol. The number of aliphatic hydroxyl groups excluding tert-OH is 1. The number of carbonyl (C=O) groups excluding carboxylic acids is 1. The van der Waals surface area contributed by atoms with Crippen LogP contribution in [0.5, 0.6) is 11.5 Å². The number of aliphatic hydroxyl groups is 1. The summed E-state index contributed by atoms with van der Waals surface area (Å²) < 4.78 is 22.9. The lowest BCUT2D eigenvalue weighted by molar-refractivity contribution is -0.148. The van der Waals surface area contributed by atoms with Crippen LogP contribution in [-0.2, 0) is 20.7 Å². The molecule has 1 aromatic heterocycles. The summed E-state index contributed by atoms with van der Waals surface area (Å²) >= 11 is 0. The highest BCUT2D eigenvalue weighted by Crippen LogP contribution is 2.36.